The molecule has 90 valence electrons. The van der Waals surface area contributed by atoms with Crippen LogP contribution in [0.25, 0.3) is 0 Å². The average molecular weight is 225 g/mol. The van der Waals surface area contributed by atoms with Crippen LogP contribution in [0.2, 0.25) is 0 Å². The molecule has 2 atom stereocenters. The first kappa shape index (κ1) is 12.8. The molecular weight excluding hydrogens is 207 g/mol. The van der Waals surface area contributed by atoms with Gasteiger partial charge in [-0.1, -0.05) is 0 Å². The molecule has 1 fully saturated rings. The minimum atomic E-state index is -4.14. The number of hydrogen-bond acceptors (Lipinski definition) is 2. The van der Waals surface area contributed by atoms with Crippen LogP contribution in [0.4, 0.5) is 13.2 Å². The van der Waals surface area contributed by atoms with Gasteiger partial charge in [-0.05, 0) is 32.1 Å². The summed E-state index contributed by atoms with van der Waals surface area (Å²) in [4.78, 5) is 0. The van der Waals surface area contributed by atoms with Crippen molar-refractivity contribution in [3.63, 3.8) is 0 Å². The van der Waals surface area contributed by atoms with Gasteiger partial charge in [0.15, 0.2) is 0 Å². The van der Waals surface area contributed by atoms with Gasteiger partial charge in [0.1, 0.15) is 0 Å². The van der Waals surface area contributed by atoms with Crippen LogP contribution >= 0.6 is 0 Å². The molecule has 0 bridgehead atoms. The molecule has 0 amide bonds. The van der Waals surface area contributed by atoms with Gasteiger partial charge in [-0.3, -0.25) is 0 Å². The zero-order valence-electron chi connectivity index (χ0n) is 8.72. The zero-order chi connectivity index (χ0) is 11.3. The van der Waals surface area contributed by atoms with Gasteiger partial charge in [0, 0.05) is 12.6 Å². The van der Waals surface area contributed by atoms with Crippen molar-refractivity contribution in [3.05, 3.63) is 0 Å². The molecule has 0 saturated carbocycles. The van der Waals surface area contributed by atoms with Crippen LogP contribution in [0, 0.1) is 0 Å². The SMILES string of the molecule is NC(CCCC1CCCO1)CC(F)(F)F. The lowest BCUT2D eigenvalue weighted by Gasteiger charge is -2.15. The number of ether oxygens (including phenoxy) is 1. The van der Waals surface area contributed by atoms with Gasteiger partial charge in [-0.25, -0.2) is 0 Å². The van der Waals surface area contributed by atoms with Gasteiger partial charge in [0.25, 0.3) is 0 Å². The second-order valence-corrected chi connectivity index (χ2v) is 4.15. The highest BCUT2D eigenvalue weighted by molar-refractivity contribution is 4.69. The van der Waals surface area contributed by atoms with Crippen molar-refractivity contribution in [1.29, 1.82) is 0 Å². The Morgan fingerprint density at radius 3 is 2.67 bits per heavy atom. The average Bonchev–Trinajstić information content (AvgIpc) is 2.53. The second kappa shape index (κ2) is 5.70. The Morgan fingerprint density at radius 1 is 1.40 bits per heavy atom. The molecule has 1 heterocycles. The second-order valence-electron chi connectivity index (χ2n) is 4.15. The lowest BCUT2D eigenvalue weighted by molar-refractivity contribution is -0.138. The van der Waals surface area contributed by atoms with Crippen molar-refractivity contribution in [2.75, 3.05) is 6.61 Å². The lowest BCUT2D eigenvalue weighted by atomic mass is 10.0. The fraction of sp³-hybridized carbons (Fsp3) is 1.00. The van der Waals surface area contributed by atoms with E-state index in [-0.39, 0.29) is 6.10 Å². The van der Waals surface area contributed by atoms with Crippen molar-refractivity contribution in [2.45, 2.75) is 56.8 Å². The van der Waals surface area contributed by atoms with E-state index in [9.17, 15) is 13.2 Å². The van der Waals surface area contributed by atoms with Crippen LogP contribution in [-0.2, 0) is 4.74 Å². The molecule has 5 heteroatoms. The molecule has 0 spiro atoms. The largest absolute Gasteiger partial charge is 0.390 e. The standard InChI is InChI=1S/C10H18F3NO/c11-10(12,13)7-8(14)3-1-4-9-5-2-6-15-9/h8-9H,1-7,14H2. The first-order valence-corrected chi connectivity index (χ1v) is 5.41. The van der Waals surface area contributed by atoms with Crippen LogP contribution in [0.15, 0.2) is 0 Å². The highest BCUT2D eigenvalue weighted by Gasteiger charge is 2.30. The molecule has 0 aromatic heterocycles. The Labute approximate surface area is 88.0 Å². The zero-order valence-corrected chi connectivity index (χ0v) is 8.72. The van der Waals surface area contributed by atoms with Crippen LogP contribution in [-0.4, -0.2) is 24.9 Å². The maximum absolute atomic E-state index is 11.9. The predicted octanol–water partition coefficient (Wildman–Crippen LogP) is 2.62. The van der Waals surface area contributed by atoms with Gasteiger partial charge in [0.05, 0.1) is 12.5 Å². The molecule has 1 saturated heterocycles. The van der Waals surface area contributed by atoms with Crippen LogP contribution in [0.3, 0.4) is 0 Å². The summed E-state index contributed by atoms with van der Waals surface area (Å²) in [6.07, 6.45) is -0.661. The quantitative estimate of drug-likeness (QED) is 0.780. The summed E-state index contributed by atoms with van der Waals surface area (Å²) >= 11 is 0. The Bertz CT molecular complexity index is 178. The van der Waals surface area contributed by atoms with E-state index in [2.05, 4.69) is 0 Å². The van der Waals surface area contributed by atoms with E-state index in [1.807, 2.05) is 0 Å². The van der Waals surface area contributed by atoms with Crippen molar-refractivity contribution in [1.82, 2.24) is 0 Å². The molecule has 2 N–H and O–H groups in total. The minimum absolute atomic E-state index is 0.253. The molecule has 2 unspecified atom stereocenters. The molecule has 0 aliphatic carbocycles. The van der Waals surface area contributed by atoms with Gasteiger partial charge < -0.3 is 10.5 Å². The summed E-state index contributed by atoms with van der Waals surface area (Å²) in [5.74, 6) is 0. The van der Waals surface area contributed by atoms with E-state index >= 15 is 0 Å². The smallest absolute Gasteiger partial charge is 0.378 e. The van der Waals surface area contributed by atoms with E-state index in [1.54, 1.807) is 0 Å². The topological polar surface area (TPSA) is 35.2 Å². The van der Waals surface area contributed by atoms with Crippen LogP contribution < -0.4 is 5.73 Å². The van der Waals surface area contributed by atoms with E-state index in [4.69, 9.17) is 10.5 Å². The highest BCUT2D eigenvalue weighted by atomic mass is 19.4. The van der Waals surface area contributed by atoms with Gasteiger partial charge in [-0.2, -0.15) is 13.2 Å². The molecule has 15 heavy (non-hydrogen) atoms. The molecule has 0 aromatic rings. The molecule has 2 nitrogen and oxygen atoms in total. The normalized spacial score (nSPS) is 24.4. The number of alkyl halides is 3. The van der Waals surface area contributed by atoms with Crippen molar-refractivity contribution in [3.8, 4) is 0 Å². The number of nitrogens with two attached hydrogens (primary N) is 1. The summed E-state index contributed by atoms with van der Waals surface area (Å²) < 4.78 is 41.2. The van der Waals surface area contributed by atoms with Gasteiger partial charge >= 0.3 is 6.18 Å². The highest BCUT2D eigenvalue weighted by Crippen LogP contribution is 2.23. The summed E-state index contributed by atoms with van der Waals surface area (Å²) in [7, 11) is 0. The maximum Gasteiger partial charge on any atom is 0.390 e. The lowest BCUT2D eigenvalue weighted by Crippen LogP contribution is -2.27. The number of halogens is 3. The first-order valence-electron chi connectivity index (χ1n) is 5.41. The maximum atomic E-state index is 11.9. The van der Waals surface area contributed by atoms with E-state index < -0.39 is 18.6 Å². The summed E-state index contributed by atoms with van der Waals surface area (Å²) in [6.45, 7) is 0.791. The Hall–Kier alpha value is -0.290. The van der Waals surface area contributed by atoms with Gasteiger partial charge in [-0.15, -0.1) is 0 Å². The summed E-state index contributed by atoms with van der Waals surface area (Å²) in [6, 6.07) is -0.758. The monoisotopic (exact) mass is 225 g/mol. The summed E-state index contributed by atoms with van der Waals surface area (Å²) in [5, 5.41) is 0. The fourth-order valence-corrected chi connectivity index (χ4v) is 1.88. The van der Waals surface area contributed by atoms with Crippen LogP contribution in [0.5, 0.6) is 0 Å². The molecule has 0 radical (unpaired) electrons. The van der Waals surface area contributed by atoms with E-state index in [0.717, 1.165) is 32.3 Å². The number of rotatable bonds is 5. The third kappa shape index (κ3) is 5.99. The predicted molar refractivity (Wildman–Crippen MR) is 51.5 cm³/mol. The minimum Gasteiger partial charge on any atom is -0.378 e. The molecule has 1 aliphatic rings. The summed E-state index contributed by atoms with van der Waals surface area (Å²) in [5.41, 5.74) is 5.38. The van der Waals surface area contributed by atoms with E-state index in [1.165, 1.54) is 0 Å². The Morgan fingerprint density at radius 2 is 2.13 bits per heavy atom. The third-order valence-electron chi connectivity index (χ3n) is 2.62. The molecular formula is C10H18F3NO. The van der Waals surface area contributed by atoms with Crippen molar-refractivity contribution in [2.24, 2.45) is 5.73 Å². The molecule has 1 aliphatic heterocycles. The van der Waals surface area contributed by atoms with Crippen LogP contribution in [0.1, 0.15) is 38.5 Å². The Kier molecular flexibility index (Phi) is 4.86. The third-order valence-corrected chi connectivity index (χ3v) is 2.62. The number of hydrogen-bond donors (Lipinski definition) is 1. The van der Waals surface area contributed by atoms with Crippen molar-refractivity contribution < 1.29 is 17.9 Å². The van der Waals surface area contributed by atoms with Crippen molar-refractivity contribution >= 4 is 0 Å². The first-order chi connectivity index (χ1) is 6.97. The molecule has 1 rings (SSSR count). The van der Waals surface area contributed by atoms with E-state index in [0.29, 0.717) is 6.42 Å². The Balaban J connectivity index is 2.03. The fourth-order valence-electron chi connectivity index (χ4n) is 1.88. The molecule has 0 aromatic carbocycles. The van der Waals surface area contributed by atoms with Gasteiger partial charge in [0.2, 0.25) is 0 Å².